The van der Waals surface area contributed by atoms with Crippen molar-refractivity contribution in [2.75, 3.05) is 13.1 Å². The molecule has 1 aromatic carbocycles. The summed E-state index contributed by atoms with van der Waals surface area (Å²) in [4.78, 5) is 12.6. The Hall–Kier alpha value is -1.94. The minimum atomic E-state index is -0.333. The molecule has 21 heavy (non-hydrogen) atoms. The molecule has 0 spiro atoms. The zero-order valence-electron chi connectivity index (χ0n) is 12.1. The zero-order chi connectivity index (χ0) is 14.8. The van der Waals surface area contributed by atoms with Crippen molar-refractivity contribution in [2.45, 2.75) is 25.8 Å². The average molecular weight is 286 g/mol. The summed E-state index contributed by atoms with van der Waals surface area (Å²) in [6, 6.07) is 8.73. The number of nitrogens with zero attached hydrogens (tertiary/aromatic N) is 1. The van der Waals surface area contributed by atoms with Gasteiger partial charge in [0, 0.05) is 17.8 Å². The summed E-state index contributed by atoms with van der Waals surface area (Å²) >= 11 is 0. The predicted octanol–water partition coefficient (Wildman–Crippen LogP) is 3.09. The molecule has 1 saturated heterocycles. The van der Waals surface area contributed by atoms with E-state index in [1.165, 1.54) is 6.07 Å². The van der Waals surface area contributed by atoms with Crippen molar-refractivity contribution in [3.63, 3.8) is 0 Å². The molecule has 4 heteroatoms. The van der Waals surface area contributed by atoms with Crippen LogP contribution in [0.15, 0.2) is 36.5 Å². The fourth-order valence-corrected chi connectivity index (χ4v) is 2.87. The smallest absolute Gasteiger partial charge is 0.209 e. The second kappa shape index (κ2) is 5.82. The Morgan fingerprint density at radius 3 is 2.76 bits per heavy atom. The molecule has 1 aliphatic rings. The lowest BCUT2D eigenvalue weighted by Gasteiger charge is -2.25. The van der Waals surface area contributed by atoms with Crippen molar-refractivity contribution >= 4 is 5.78 Å². The summed E-state index contributed by atoms with van der Waals surface area (Å²) in [5, 5.41) is 3.32. The van der Waals surface area contributed by atoms with Crippen LogP contribution in [0.2, 0.25) is 0 Å². The average Bonchev–Trinajstić information content (AvgIpc) is 2.99. The second-order valence-corrected chi connectivity index (χ2v) is 5.57. The Morgan fingerprint density at radius 1 is 1.29 bits per heavy atom. The van der Waals surface area contributed by atoms with Crippen molar-refractivity contribution < 1.29 is 9.18 Å². The van der Waals surface area contributed by atoms with Gasteiger partial charge < -0.3 is 9.88 Å². The maximum absolute atomic E-state index is 13.7. The third-order valence-electron chi connectivity index (χ3n) is 4.15. The van der Waals surface area contributed by atoms with Crippen LogP contribution in [-0.2, 0) is 0 Å². The summed E-state index contributed by atoms with van der Waals surface area (Å²) in [5.74, 6) is -0.446. The molecule has 0 bridgehead atoms. The summed E-state index contributed by atoms with van der Waals surface area (Å²) in [6.45, 7) is 3.63. The fraction of sp³-hybridized carbons (Fsp3) is 0.353. The standard InChI is InChI=1S/C17H19FN2O/c1-12-4-5-13(11-15(12)18)17(21)16-3-2-10-20(16)14-6-8-19-9-7-14/h2-5,10-11,14,19H,6-9H2,1H3. The molecule has 2 aromatic rings. The largest absolute Gasteiger partial charge is 0.342 e. The molecular weight excluding hydrogens is 267 g/mol. The van der Waals surface area contributed by atoms with E-state index < -0.39 is 0 Å². The maximum Gasteiger partial charge on any atom is 0.209 e. The van der Waals surface area contributed by atoms with Gasteiger partial charge in [0.1, 0.15) is 5.82 Å². The quantitative estimate of drug-likeness (QED) is 0.880. The van der Waals surface area contributed by atoms with Gasteiger partial charge in [-0.15, -0.1) is 0 Å². The van der Waals surface area contributed by atoms with E-state index in [0.29, 0.717) is 22.9 Å². The third-order valence-corrected chi connectivity index (χ3v) is 4.15. The van der Waals surface area contributed by atoms with Gasteiger partial charge in [-0.2, -0.15) is 0 Å². The lowest BCUT2D eigenvalue weighted by molar-refractivity contribution is 0.102. The molecule has 110 valence electrons. The number of carbonyl (C=O) groups excluding carboxylic acids is 1. The Labute approximate surface area is 123 Å². The van der Waals surface area contributed by atoms with Crippen LogP contribution in [0.25, 0.3) is 0 Å². The second-order valence-electron chi connectivity index (χ2n) is 5.57. The maximum atomic E-state index is 13.7. The molecule has 0 unspecified atom stereocenters. The topological polar surface area (TPSA) is 34.0 Å². The first kappa shape index (κ1) is 14.0. The Balaban J connectivity index is 1.91. The predicted molar refractivity (Wildman–Crippen MR) is 80.1 cm³/mol. The number of ketones is 1. The molecule has 3 nitrogen and oxygen atoms in total. The van der Waals surface area contributed by atoms with Gasteiger partial charge in [-0.1, -0.05) is 12.1 Å². The van der Waals surface area contributed by atoms with Gasteiger partial charge in [0.05, 0.1) is 5.69 Å². The number of aryl methyl sites for hydroxylation is 1. The van der Waals surface area contributed by atoms with Crippen LogP contribution in [-0.4, -0.2) is 23.4 Å². The van der Waals surface area contributed by atoms with Crippen molar-refractivity contribution in [3.05, 3.63) is 59.2 Å². The number of hydrogen-bond donors (Lipinski definition) is 1. The molecule has 0 atom stereocenters. The van der Waals surface area contributed by atoms with E-state index >= 15 is 0 Å². The highest BCUT2D eigenvalue weighted by atomic mass is 19.1. The van der Waals surface area contributed by atoms with Crippen LogP contribution in [0.3, 0.4) is 0 Å². The van der Waals surface area contributed by atoms with Gasteiger partial charge in [0.25, 0.3) is 0 Å². The molecular formula is C17H19FN2O. The highest BCUT2D eigenvalue weighted by Gasteiger charge is 2.21. The number of piperidine rings is 1. The van der Waals surface area contributed by atoms with E-state index in [9.17, 15) is 9.18 Å². The van der Waals surface area contributed by atoms with E-state index in [0.717, 1.165) is 25.9 Å². The zero-order valence-corrected chi connectivity index (χ0v) is 12.1. The minimum Gasteiger partial charge on any atom is -0.342 e. The fourth-order valence-electron chi connectivity index (χ4n) is 2.87. The first-order chi connectivity index (χ1) is 10.2. The Kier molecular flexibility index (Phi) is 3.88. The molecule has 0 radical (unpaired) electrons. The van der Waals surface area contributed by atoms with Gasteiger partial charge >= 0.3 is 0 Å². The Morgan fingerprint density at radius 2 is 2.05 bits per heavy atom. The molecule has 1 fully saturated rings. The summed E-state index contributed by atoms with van der Waals surface area (Å²) in [7, 11) is 0. The van der Waals surface area contributed by atoms with Gasteiger partial charge in [0.15, 0.2) is 0 Å². The summed E-state index contributed by atoms with van der Waals surface area (Å²) in [5.41, 5.74) is 1.61. The van der Waals surface area contributed by atoms with E-state index in [4.69, 9.17) is 0 Å². The van der Waals surface area contributed by atoms with Crippen LogP contribution in [0, 0.1) is 12.7 Å². The molecule has 3 rings (SSSR count). The first-order valence-corrected chi connectivity index (χ1v) is 7.35. The summed E-state index contributed by atoms with van der Waals surface area (Å²) < 4.78 is 15.7. The number of halogens is 1. The SMILES string of the molecule is Cc1ccc(C(=O)c2cccn2C2CCNCC2)cc1F. The van der Waals surface area contributed by atoms with Gasteiger partial charge in [-0.25, -0.2) is 4.39 Å². The number of benzene rings is 1. The van der Waals surface area contributed by atoms with Crippen molar-refractivity contribution in [3.8, 4) is 0 Å². The van der Waals surface area contributed by atoms with Crippen LogP contribution < -0.4 is 5.32 Å². The van der Waals surface area contributed by atoms with Crippen LogP contribution in [0.1, 0.15) is 40.5 Å². The number of nitrogens with one attached hydrogen (secondary N) is 1. The molecule has 0 aliphatic carbocycles. The van der Waals surface area contributed by atoms with E-state index in [2.05, 4.69) is 5.32 Å². The first-order valence-electron chi connectivity index (χ1n) is 7.35. The van der Waals surface area contributed by atoms with E-state index in [-0.39, 0.29) is 11.6 Å². The third kappa shape index (κ3) is 2.76. The lowest BCUT2D eigenvalue weighted by Crippen LogP contribution is -2.30. The van der Waals surface area contributed by atoms with E-state index in [1.807, 2.05) is 22.9 Å². The van der Waals surface area contributed by atoms with Gasteiger partial charge in [0.2, 0.25) is 5.78 Å². The van der Waals surface area contributed by atoms with E-state index in [1.54, 1.807) is 19.1 Å². The molecule has 1 aliphatic heterocycles. The van der Waals surface area contributed by atoms with Gasteiger partial charge in [-0.05, 0) is 56.6 Å². The highest BCUT2D eigenvalue weighted by Crippen LogP contribution is 2.23. The number of aromatic nitrogens is 1. The normalized spacial score (nSPS) is 16.1. The molecule has 0 amide bonds. The number of hydrogen-bond acceptors (Lipinski definition) is 2. The lowest BCUT2D eigenvalue weighted by atomic mass is 10.0. The van der Waals surface area contributed by atoms with Crippen molar-refractivity contribution in [1.29, 1.82) is 0 Å². The minimum absolute atomic E-state index is 0.113. The monoisotopic (exact) mass is 286 g/mol. The number of rotatable bonds is 3. The van der Waals surface area contributed by atoms with Crippen LogP contribution in [0.4, 0.5) is 4.39 Å². The van der Waals surface area contributed by atoms with Crippen molar-refractivity contribution in [1.82, 2.24) is 9.88 Å². The molecule has 1 aromatic heterocycles. The van der Waals surface area contributed by atoms with Crippen molar-refractivity contribution in [2.24, 2.45) is 0 Å². The molecule has 2 heterocycles. The van der Waals surface area contributed by atoms with Gasteiger partial charge in [-0.3, -0.25) is 4.79 Å². The molecule has 0 saturated carbocycles. The van der Waals surface area contributed by atoms with Crippen LogP contribution in [0.5, 0.6) is 0 Å². The number of carbonyl (C=O) groups is 1. The Bertz CT molecular complexity index is 657. The van der Waals surface area contributed by atoms with Crippen LogP contribution >= 0.6 is 0 Å². The summed E-state index contributed by atoms with van der Waals surface area (Å²) in [6.07, 6.45) is 3.97. The highest BCUT2D eigenvalue weighted by molar-refractivity contribution is 6.08. The molecule has 1 N–H and O–H groups in total.